The van der Waals surface area contributed by atoms with Crippen LogP contribution in [-0.4, -0.2) is 30.6 Å². The van der Waals surface area contributed by atoms with Crippen molar-refractivity contribution in [3.05, 3.63) is 118 Å². The Kier molecular flexibility index (Phi) is 10.8. The van der Waals surface area contributed by atoms with Gasteiger partial charge in [0.05, 0.1) is 25.2 Å². The van der Waals surface area contributed by atoms with Gasteiger partial charge in [0.25, 0.3) is 5.91 Å². The molecule has 0 saturated heterocycles. The summed E-state index contributed by atoms with van der Waals surface area (Å²) in [4.78, 5) is 23.3. The van der Waals surface area contributed by atoms with Crippen molar-refractivity contribution in [1.29, 1.82) is 5.26 Å². The lowest BCUT2D eigenvalue weighted by atomic mass is 9.85. The average molecular weight is 597 g/mol. The number of methoxy groups -OCH3 is 1. The fourth-order valence-electron chi connectivity index (χ4n) is 4.93. The van der Waals surface area contributed by atoms with Gasteiger partial charge in [-0.3, -0.25) is 9.59 Å². The first-order valence-electron chi connectivity index (χ1n) is 14.0. The molecular formula is C35H33ClN2O5. The van der Waals surface area contributed by atoms with Crippen LogP contribution < -0.4 is 14.8 Å². The molecule has 0 unspecified atom stereocenters. The summed E-state index contributed by atoms with van der Waals surface area (Å²) in [5.41, 5.74) is 4.59. The van der Waals surface area contributed by atoms with Gasteiger partial charge in [0.15, 0.2) is 0 Å². The fourth-order valence-corrected chi connectivity index (χ4v) is 5.06. The Morgan fingerprint density at radius 2 is 1.58 bits per heavy atom. The van der Waals surface area contributed by atoms with Crippen molar-refractivity contribution in [3.8, 4) is 28.7 Å². The number of carboxylic acid groups (broad SMARTS) is 1. The maximum atomic E-state index is 12.5. The van der Waals surface area contributed by atoms with Crippen LogP contribution in [-0.2, 0) is 4.79 Å². The minimum atomic E-state index is -0.970. The van der Waals surface area contributed by atoms with Crippen LogP contribution in [0.3, 0.4) is 0 Å². The molecule has 4 aromatic rings. The van der Waals surface area contributed by atoms with Crippen LogP contribution in [0, 0.1) is 11.3 Å². The first-order valence-corrected chi connectivity index (χ1v) is 14.4. The summed E-state index contributed by atoms with van der Waals surface area (Å²) in [5.74, 6) is -0.0936. The quantitative estimate of drug-likeness (QED) is 0.163. The molecule has 0 heterocycles. The van der Waals surface area contributed by atoms with E-state index in [4.69, 9.17) is 26.2 Å². The number of aliphatic carboxylic acids is 1. The third-order valence-electron chi connectivity index (χ3n) is 7.11. The molecule has 2 atom stereocenters. The van der Waals surface area contributed by atoms with Gasteiger partial charge in [0.2, 0.25) is 0 Å². The predicted molar refractivity (Wildman–Crippen MR) is 167 cm³/mol. The molecule has 0 aliphatic rings. The Labute approximate surface area is 256 Å². The molecule has 220 valence electrons. The molecule has 4 rings (SSSR count). The highest BCUT2D eigenvalue weighted by Gasteiger charge is 2.27. The Bertz CT molecular complexity index is 1580. The molecule has 0 aliphatic carbocycles. The summed E-state index contributed by atoms with van der Waals surface area (Å²) in [6, 6.07) is 30.2. The summed E-state index contributed by atoms with van der Waals surface area (Å²) < 4.78 is 12.0. The van der Waals surface area contributed by atoms with Gasteiger partial charge >= 0.3 is 5.97 Å². The van der Waals surface area contributed by atoms with Gasteiger partial charge in [0.1, 0.15) is 17.6 Å². The number of ether oxygens (including phenoxy) is 2. The molecular weight excluding hydrogens is 564 g/mol. The smallest absolute Gasteiger partial charge is 0.305 e. The van der Waals surface area contributed by atoms with Gasteiger partial charge in [-0.2, -0.15) is 5.26 Å². The van der Waals surface area contributed by atoms with Gasteiger partial charge in [-0.15, -0.1) is 0 Å². The van der Waals surface area contributed by atoms with Crippen molar-refractivity contribution in [2.45, 2.75) is 38.2 Å². The number of halogens is 1. The molecule has 4 aromatic carbocycles. The summed E-state index contributed by atoms with van der Waals surface area (Å²) in [6.45, 7) is 2.16. The van der Waals surface area contributed by atoms with E-state index in [2.05, 4.69) is 18.3 Å². The highest BCUT2D eigenvalue weighted by molar-refractivity contribution is 6.30. The summed E-state index contributed by atoms with van der Waals surface area (Å²) in [7, 11) is 1.62. The molecule has 0 spiro atoms. The van der Waals surface area contributed by atoms with Gasteiger partial charge in [-0.25, -0.2) is 0 Å². The number of carbonyl (C=O) groups is 2. The van der Waals surface area contributed by atoms with Crippen LogP contribution in [0.1, 0.15) is 65.3 Å². The summed E-state index contributed by atoms with van der Waals surface area (Å²) >= 11 is 6.23. The SMILES string of the molecule is CCC[C@H](c1ccc(C(=O)NCCC(=O)O)cc1)[C@@H](Oc1cc(C#N)cc(-c2ccc(OC)cc2)c1)c1ccc(Cl)cc1. The molecule has 7 nitrogen and oxygen atoms in total. The Balaban J connectivity index is 1.69. The Morgan fingerprint density at radius 3 is 2.19 bits per heavy atom. The van der Waals surface area contributed by atoms with Crippen LogP contribution >= 0.6 is 11.6 Å². The van der Waals surface area contributed by atoms with Crippen LogP contribution in [0.25, 0.3) is 11.1 Å². The molecule has 1 amide bonds. The standard InChI is InChI=1S/C35H33ClN2O5/c1-3-4-32(25-5-7-27(8-6-25)35(41)38-18-17-33(39)40)34(26-9-13-29(36)14-10-26)43-31-20-23(22-37)19-28(21-31)24-11-15-30(42-2)16-12-24/h5-16,19-21,32,34H,3-4,17-18H2,1-2H3,(H,38,41)(H,39,40)/t32-,34+/m1/s1. The fraction of sp³-hybridized carbons (Fsp3) is 0.229. The molecule has 0 aliphatic heterocycles. The lowest BCUT2D eigenvalue weighted by molar-refractivity contribution is -0.136. The summed E-state index contributed by atoms with van der Waals surface area (Å²) in [5, 5.41) is 21.9. The largest absolute Gasteiger partial charge is 0.497 e. The number of nitrogens with zero attached hydrogens (tertiary/aromatic N) is 1. The lowest BCUT2D eigenvalue weighted by Crippen LogP contribution is -2.26. The highest BCUT2D eigenvalue weighted by Crippen LogP contribution is 2.40. The zero-order chi connectivity index (χ0) is 30.8. The van der Waals surface area contributed by atoms with Crippen LogP contribution in [0.2, 0.25) is 5.02 Å². The van der Waals surface area contributed by atoms with E-state index in [0.717, 1.165) is 40.8 Å². The Hall–Kier alpha value is -4.80. The van der Waals surface area contributed by atoms with E-state index in [1.54, 1.807) is 25.3 Å². The number of rotatable bonds is 13. The monoisotopic (exact) mass is 596 g/mol. The molecule has 43 heavy (non-hydrogen) atoms. The van der Waals surface area contributed by atoms with Crippen molar-refractivity contribution in [3.63, 3.8) is 0 Å². The van der Waals surface area contributed by atoms with Crippen LogP contribution in [0.15, 0.2) is 91.0 Å². The first kappa shape index (κ1) is 31.1. The molecule has 0 radical (unpaired) electrons. The second kappa shape index (κ2) is 14.9. The van der Waals surface area contributed by atoms with Crippen molar-refractivity contribution in [1.82, 2.24) is 5.32 Å². The second-order valence-electron chi connectivity index (χ2n) is 10.1. The third kappa shape index (κ3) is 8.37. The number of nitrogens with one attached hydrogen (secondary N) is 1. The second-order valence-corrected chi connectivity index (χ2v) is 10.5. The van der Waals surface area contributed by atoms with E-state index in [-0.39, 0.29) is 24.8 Å². The van der Waals surface area contributed by atoms with Gasteiger partial charge in [-0.1, -0.05) is 61.3 Å². The average Bonchev–Trinajstić information content (AvgIpc) is 3.03. The number of hydrogen-bond acceptors (Lipinski definition) is 5. The maximum Gasteiger partial charge on any atom is 0.305 e. The molecule has 0 saturated carbocycles. The molecule has 0 bridgehead atoms. The number of carbonyl (C=O) groups excluding carboxylic acids is 1. The van der Waals surface area contributed by atoms with Gasteiger partial charge in [-0.05, 0) is 83.3 Å². The van der Waals surface area contributed by atoms with Crippen molar-refractivity contribution in [2.24, 2.45) is 0 Å². The lowest BCUT2D eigenvalue weighted by Gasteiger charge is -2.29. The molecule has 2 N–H and O–H groups in total. The minimum absolute atomic E-state index is 0.0567. The molecule has 0 aromatic heterocycles. The van der Waals surface area contributed by atoms with E-state index in [9.17, 15) is 14.9 Å². The van der Waals surface area contributed by atoms with Crippen molar-refractivity contribution >= 4 is 23.5 Å². The molecule has 8 heteroatoms. The topological polar surface area (TPSA) is 109 Å². The highest BCUT2D eigenvalue weighted by atomic mass is 35.5. The van der Waals surface area contributed by atoms with Crippen molar-refractivity contribution < 1.29 is 24.2 Å². The normalized spacial score (nSPS) is 12.0. The summed E-state index contributed by atoms with van der Waals surface area (Å²) in [6.07, 6.45) is 1.10. The number of carboxylic acids is 1. The first-order chi connectivity index (χ1) is 20.8. The minimum Gasteiger partial charge on any atom is -0.497 e. The van der Waals surface area contributed by atoms with E-state index < -0.39 is 12.1 Å². The van der Waals surface area contributed by atoms with Gasteiger partial charge in [0, 0.05) is 23.0 Å². The van der Waals surface area contributed by atoms with E-state index >= 15 is 0 Å². The number of benzene rings is 4. The van der Waals surface area contributed by atoms with Crippen LogP contribution in [0.4, 0.5) is 0 Å². The zero-order valence-electron chi connectivity index (χ0n) is 24.0. The zero-order valence-corrected chi connectivity index (χ0v) is 24.8. The predicted octanol–water partition coefficient (Wildman–Crippen LogP) is 7.80. The molecule has 0 fully saturated rings. The van der Waals surface area contributed by atoms with Crippen molar-refractivity contribution in [2.75, 3.05) is 13.7 Å². The van der Waals surface area contributed by atoms with E-state index in [1.807, 2.05) is 72.8 Å². The Morgan fingerprint density at radius 1 is 0.907 bits per heavy atom. The number of nitriles is 1. The number of amides is 1. The third-order valence-corrected chi connectivity index (χ3v) is 7.36. The number of hydrogen-bond donors (Lipinski definition) is 2. The van der Waals surface area contributed by atoms with E-state index in [1.165, 1.54) is 0 Å². The van der Waals surface area contributed by atoms with E-state index in [0.29, 0.717) is 21.9 Å². The van der Waals surface area contributed by atoms with Crippen LogP contribution in [0.5, 0.6) is 11.5 Å². The van der Waals surface area contributed by atoms with Gasteiger partial charge < -0.3 is 19.9 Å². The maximum absolute atomic E-state index is 12.5.